The summed E-state index contributed by atoms with van der Waals surface area (Å²) in [4.78, 5) is 12.1. The number of sulfonamides is 1. The first-order valence-corrected chi connectivity index (χ1v) is 10.2. The molecule has 134 valence electrons. The van der Waals surface area contributed by atoms with Crippen LogP contribution in [-0.4, -0.2) is 32.1 Å². The lowest BCUT2D eigenvalue weighted by Gasteiger charge is -2.16. The zero-order valence-electron chi connectivity index (χ0n) is 12.9. The van der Waals surface area contributed by atoms with Crippen molar-refractivity contribution in [3.05, 3.63) is 62.7 Å². The molecule has 2 rings (SSSR count). The summed E-state index contributed by atoms with van der Waals surface area (Å²) in [5.41, 5.74) is 0.873. The lowest BCUT2D eigenvalue weighted by atomic mass is 10.2. The standard InChI is InChI=1S/C16H16ClIN2O4S/c17-12-4-6-14(7-5-12)25(23,24)20-15(10-21)16(22)19-9-11-2-1-3-13(18)8-11/h1-8,15,20-21H,9-10H2,(H,19,22). The molecule has 0 saturated carbocycles. The van der Waals surface area contributed by atoms with Gasteiger partial charge in [0, 0.05) is 15.1 Å². The van der Waals surface area contributed by atoms with Crippen molar-refractivity contribution in [3.63, 3.8) is 0 Å². The molecule has 1 unspecified atom stereocenters. The van der Waals surface area contributed by atoms with Crippen LogP contribution >= 0.6 is 34.2 Å². The number of halogens is 2. The fraction of sp³-hybridized carbons (Fsp3) is 0.188. The van der Waals surface area contributed by atoms with E-state index in [2.05, 4.69) is 32.6 Å². The summed E-state index contributed by atoms with van der Waals surface area (Å²) in [5, 5.41) is 12.4. The predicted molar refractivity (Wildman–Crippen MR) is 104 cm³/mol. The lowest BCUT2D eigenvalue weighted by Crippen LogP contribution is -2.48. The second kappa shape index (κ2) is 8.95. The van der Waals surface area contributed by atoms with Crippen LogP contribution in [0.15, 0.2) is 53.4 Å². The van der Waals surface area contributed by atoms with E-state index in [1.807, 2.05) is 24.3 Å². The summed E-state index contributed by atoms with van der Waals surface area (Å²) >= 11 is 7.89. The van der Waals surface area contributed by atoms with E-state index in [9.17, 15) is 18.3 Å². The van der Waals surface area contributed by atoms with Gasteiger partial charge in [0.15, 0.2) is 0 Å². The zero-order valence-corrected chi connectivity index (χ0v) is 16.7. The van der Waals surface area contributed by atoms with Crippen molar-refractivity contribution in [3.8, 4) is 0 Å². The van der Waals surface area contributed by atoms with E-state index in [1.165, 1.54) is 24.3 Å². The summed E-state index contributed by atoms with van der Waals surface area (Å²) in [6.07, 6.45) is 0. The van der Waals surface area contributed by atoms with Crippen molar-refractivity contribution in [2.45, 2.75) is 17.5 Å². The molecule has 1 atom stereocenters. The number of hydrogen-bond acceptors (Lipinski definition) is 4. The van der Waals surface area contributed by atoms with Gasteiger partial charge in [0.1, 0.15) is 6.04 Å². The predicted octanol–water partition coefficient (Wildman–Crippen LogP) is 1.90. The highest BCUT2D eigenvalue weighted by Crippen LogP contribution is 2.14. The van der Waals surface area contributed by atoms with Crippen molar-refractivity contribution in [2.75, 3.05) is 6.61 Å². The molecule has 0 fully saturated rings. The maximum Gasteiger partial charge on any atom is 0.241 e. The van der Waals surface area contributed by atoms with Crippen LogP contribution in [0.3, 0.4) is 0 Å². The average molecular weight is 495 g/mol. The van der Waals surface area contributed by atoms with Gasteiger partial charge >= 0.3 is 0 Å². The molecule has 0 aliphatic rings. The molecule has 9 heteroatoms. The van der Waals surface area contributed by atoms with E-state index < -0.39 is 28.6 Å². The number of hydrogen-bond donors (Lipinski definition) is 3. The number of aliphatic hydroxyl groups is 1. The Balaban J connectivity index is 2.03. The first-order valence-electron chi connectivity index (χ1n) is 7.23. The maximum absolute atomic E-state index is 12.3. The van der Waals surface area contributed by atoms with Gasteiger partial charge in [-0.05, 0) is 64.6 Å². The minimum atomic E-state index is -3.95. The van der Waals surface area contributed by atoms with Gasteiger partial charge in [-0.25, -0.2) is 8.42 Å². The van der Waals surface area contributed by atoms with Gasteiger partial charge in [0.25, 0.3) is 0 Å². The van der Waals surface area contributed by atoms with Crippen LogP contribution in [0.2, 0.25) is 5.02 Å². The molecule has 0 spiro atoms. The van der Waals surface area contributed by atoms with E-state index >= 15 is 0 Å². The number of carbonyl (C=O) groups is 1. The highest BCUT2D eigenvalue weighted by molar-refractivity contribution is 14.1. The maximum atomic E-state index is 12.3. The van der Waals surface area contributed by atoms with Crippen LogP contribution in [0, 0.1) is 3.57 Å². The van der Waals surface area contributed by atoms with E-state index in [0.717, 1.165) is 9.13 Å². The topological polar surface area (TPSA) is 95.5 Å². The summed E-state index contributed by atoms with van der Waals surface area (Å²) in [5.74, 6) is -0.612. The number of rotatable bonds is 7. The molecule has 25 heavy (non-hydrogen) atoms. The minimum absolute atomic E-state index is 0.0410. The monoisotopic (exact) mass is 494 g/mol. The van der Waals surface area contributed by atoms with Gasteiger partial charge in [-0.2, -0.15) is 4.72 Å². The third-order valence-electron chi connectivity index (χ3n) is 3.28. The van der Waals surface area contributed by atoms with E-state index in [4.69, 9.17) is 11.6 Å². The number of carbonyl (C=O) groups excluding carboxylic acids is 1. The summed E-state index contributed by atoms with van der Waals surface area (Å²) in [6, 6.07) is 11.7. The van der Waals surface area contributed by atoms with Crippen LogP contribution in [-0.2, 0) is 21.4 Å². The van der Waals surface area contributed by atoms with Crippen LogP contribution in [0.5, 0.6) is 0 Å². The quantitative estimate of drug-likeness (QED) is 0.513. The molecule has 2 aromatic rings. The molecule has 0 aromatic heterocycles. The van der Waals surface area contributed by atoms with Gasteiger partial charge in [0.05, 0.1) is 11.5 Å². The Morgan fingerprint density at radius 2 is 1.88 bits per heavy atom. The molecule has 1 amide bonds. The molecule has 0 radical (unpaired) electrons. The highest BCUT2D eigenvalue weighted by atomic mass is 127. The highest BCUT2D eigenvalue weighted by Gasteiger charge is 2.25. The minimum Gasteiger partial charge on any atom is -0.394 e. The van der Waals surface area contributed by atoms with Crippen molar-refractivity contribution >= 4 is 50.1 Å². The molecule has 0 saturated heterocycles. The number of amides is 1. The normalized spacial score (nSPS) is 12.6. The van der Waals surface area contributed by atoms with Crippen molar-refractivity contribution in [1.29, 1.82) is 0 Å². The van der Waals surface area contributed by atoms with Gasteiger partial charge in [0.2, 0.25) is 15.9 Å². The Morgan fingerprint density at radius 3 is 2.48 bits per heavy atom. The molecule has 6 nitrogen and oxygen atoms in total. The Labute approximate surface area is 164 Å². The van der Waals surface area contributed by atoms with E-state index in [-0.39, 0.29) is 11.4 Å². The lowest BCUT2D eigenvalue weighted by molar-refractivity contribution is -0.123. The van der Waals surface area contributed by atoms with Crippen molar-refractivity contribution < 1.29 is 18.3 Å². The summed E-state index contributed by atoms with van der Waals surface area (Å²) in [6.45, 7) is -0.431. The van der Waals surface area contributed by atoms with Crippen LogP contribution in [0.1, 0.15) is 5.56 Å². The van der Waals surface area contributed by atoms with E-state index in [1.54, 1.807) is 0 Å². The van der Waals surface area contributed by atoms with Crippen LogP contribution < -0.4 is 10.0 Å². The fourth-order valence-electron chi connectivity index (χ4n) is 2.00. The summed E-state index contributed by atoms with van der Waals surface area (Å²) < 4.78 is 27.8. The van der Waals surface area contributed by atoms with Gasteiger partial charge < -0.3 is 10.4 Å². The Morgan fingerprint density at radius 1 is 1.20 bits per heavy atom. The number of nitrogens with one attached hydrogen (secondary N) is 2. The molecule has 2 aromatic carbocycles. The molecule has 0 aliphatic carbocycles. The van der Waals surface area contributed by atoms with Crippen molar-refractivity contribution in [2.24, 2.45) is 0 Å². The van der Waals surface area contributed by atoms with Crippen LogP contribution in [0.4, 0.5) is 0 Å². The Bertz CT molecular complexity index is 843. The van der Waals surface area contributed by atoms with E-state index in [0.29, 0.717) is 5.02 Å². The third kappa shape index (κ3) is 5.93. The second-order valence-electron chi connectivity index (χ2n) is 5.16. The smallest absolute Gasteiger partial charge is 0.241 e. The van der Waals surface area contributed by atoms with Gasteiger partial charge in [-0.15, -0.1) is 0 Å². The summed E-state index contributed by atoms with van der Waals surface area (Å²) in [7, 11) is -3.95. The zero-order chi connectivity index (χ0) is 18.4. The fourth-order valence-corrected chi connectivity index (χ4v) is 3.92. The Hall–Kier alpha value is -1.20. The first-order chi connectivity index (χ1) is 11.8. The molecular weight excluding hydrogens is 479 g/mol. The second-order valence-corrected chi connectivity index (χ2v) is 8.55. The van der Waals surface area contributed by atoms with Crippen LogP contribution in [0.25, 0.3) is 0 Å². The number of aliphatic hydroxyl groups excluding tert-OH is 1. The SMILES string of the molecule is O=C(NCc1cccc(I)c1)C(CO)NS(=O)(=O)c1ccc(Cl)cc1. The average Bonchev–Trinajstić information content (AvgIpc) is 2.58. The molecule has 3 N–H and O–H groups in total. The van der Waals surface area contributed by atoms with Gasteiger partial charge in [-0.1, -0.05) is 23.7 Å². The van der Waals surface area contributed by atoms with Gasteiger partial charge in [-0.3, -0.25) is 4.79 Å². The molecular formula is C16H16ClIN2O4S. The largest absolute Gasteiger partial charge is 0.394 e. The molecule has 0 heterocycles. The Kier molecular flexibility index (Phi) is 7.20. The number of benzene rings is 2. The third-order valence-corrected chi connectivity index (χ3v) is 5.69. The first kappa shape index (κ1) is 20.1. The molecule has 0 aliphatic heterocycles. The van der Waals surface area contributed by atoms with Crippen molar-refractivity contribution in [1.82, 2.24) is 10.0 Å². The molecule has 0 bridgehead atoms.